The van der Waals surface area contributed by atoms with Gasteiger partial charge in [0.2, 0.25) is 0 Å². The average molecular weight is 477 g/mol. The Morgan fingerprint density at radius 1 is 0.647 bits per heavy atom. The molecule has 34 heavy (non-hydrogen) atoms. The molecule has 200 valence electrons. The van der Waals surface area contributed by atoms with Crippen LogP contribution in [0.5, 0.6) is 0 Å². The first-order valence-electron chi connectivity index (χ1n) is 15.6. The largest absolute Gasteiger partial charge is 0.460 e. The van der Waals surface area contributed by atoms with Gasteiger partial charge in [-0.05, 0) is 45.3 Å². The molecule has 2 nitrogen and oxygen atoms in total. The van der Waals surface area contributed by atoms with E-state index in [0.717, 1.165) is 11.8 Å². The normalized spacial score (nSPS) is 24.4. The van der Waals surface area contributed by atoms with Gasteiger partial charge in [-0.3, -0.25) is 0 Å². The van der Waals surface area contributed by atoms with E-state index in [1.54, 1.807) is 0 Å². The van der Waals surface area contributed by atoms with Crippen LogP contribution in [0.25, 0.3) is 0 Å². The van der Waals surface area contributed by atoms with Crippen LogP contribution in [0.2, 0.25) is 5.82 Å². The summed E-state index contributed by atoms with van der Waals surface area (Å²) in [5, 5.41) is 0. The third-order valence-electron chi connectivity index (χ3n) is 9.47. The quantitative estimate of drug-likeness (QED) is 0.206. The molecule has 1 saturated carbocycles. The van der Waals surface area contributed by atoms with Gasteiger partial charge in [0.1, 0.15) is 0 Å². The summed E-state index contributed by atoms with van der Waals surface area (Å²) in [5.41, 5.74) is -0.410. The predicted octanol–water partition coefficient (Wildman–Crippen LogP) is 10.5. The first kappa shape index (κ1) is 30.2. The minimum Gasteiger partial charge on any atom is -0.403 e. The van der Waals surface area contributed by atoms with Crippen molar-refractivity contribution in [2.24, 2.45) is 11.8 Å². The smallest absolute Gasteiger partial charge is 0.403 e. The molecule has 0 amide bonds. The second-order valence-electron chi connectivity index (χ2n) is 13.0. The summed E-state index contributed by atoms with van der Waals surface area (Å²) in [6.45, 7) is 13.4. The molecule has 0 N–H and O–H groups in total. The highest BCUT2D eigenvalue weighted by Crippen LogP contribution is 2.41. The minimum absolute atomic E-state index is 0.0406. The van der Waals surface area contributed by atoms with Gasteiger partial charge in [-0.25, -0.2) is 0 Å². The molecular weight excluding hydrogens is 415 g/mol. The van der Waals surface area contributed by atoms with Crippen molar-refractivity contribution in [1.82, 2.24) is 0 Å². The number of hydrogen-bond acceptors (Lipinski definition) is 2. The lowest BCUT2D eigenvalue weighted by molar-refractivity contribution is 0.00578. The Hall–Kier alpha value is -0.0151. The van der Waals surface area contributed by atoms with Crippen LogP contribution in [0.1, 0.15) is 170 Å². The third-order valence-corrected chi connectivity index (χ3v) is 9.47. The van der Waals surface area contributed by atoms with Gasteiger partial charge in [-0.15, -0.1) is 0 Å². The van der Waals surface area contributed by atoms with Crippen LogP contribution in [0.4, 0.5) is 0 Å². The standard InChI is InChI=1S/C31H61BO2/c1-7-8-9-17-23-29(28-24-18-15-13-11-10-12-14-16-19-25-28)26-21-20-22-27(2)32-33-30(3,4)31(5,6)34-32/h27-29H,7-26H2,1-6H3. The molecule has 0 aromatic heterocycles. The molecule has 0 bridgehead atoms. The molecule has 2 aliphatic rings. The molecule has 0 aromatic rings. The summed E-state index contributed by atoms with van der Waals surface area (Å²) >= 11 is 0. The molecule has 1 aliphatic heterocycles. The lowest BCUT2D eigenvalue weighted by Crippen LogP contribution is -2.41. The predicted molar refractivity (Wildman–Crippen MR) is 150 cm³/mol. The topological polar surface area (TPSA) is 18.5 Å². The molecule has 2 atom stereocenters. The van der Waals surface area contributed by atoms with Crippen molar-refractivity contribution < 1.29 is 9.31 Å². The second kappa shape index (κ2) is 16.0. The second-order valence-corrected chi connectivity index (χ2v) is 13.0. The fourth-order valence-corrected chi connectivity index (χ4v) is 6.25. The van der Waals surface area contributed by atoms with Gasteiger partial charge in [-0.2, -0.15) is 0 Å². The molecular formula is C31H61BO2. The lowest BCUT2D eigenvalue weighted by Gasteiger charge is -2.32. The summed E-state index contributed by atoms with van der Waals surface area (Å²) in [5.74, 6) is 2.43. The van der Waals surface area contributed by atoms with E-state index in [0.29, 0.717) is 5.82 Å². The Labute approximate surface area is 215 Å². The zero-order chi connectivity index (χ0) is 24.9. The molecule has 0 aromatic carbocycles. The summed E-state index contributed by atoms with van der Waals surface area (Å²) < 4.78 is 12.6. The number of rotatable bonds is 12. The average Bonchev–Trinajstić information content (AvgIpc) is 3.00. The van der Waals surface area contributed by atoms with Gasteiger partial charge in [0.25, 0.3) is 0 Å². The zero-order valence-electron chi connectivity index (χ0n) is 24.3. The Bertz CT molecular complexity index is 490. The van der Waals surface area contributed by atoms with E-state index in [2.05, 4.69) is 41.5 Å². The SMILES string of the molecule is CCCCCCC(CCCCC(C)B1OC(C)(C)C(C)(C)O1)C1CCCCCCCCCCC1. The summed E-state index contributed by atoms with van der Waals surface area (Å²) in [6.07, 6.45) is 28.9. The van der Waals surface area contributed by atoms with Crippen LogP contribution >= 0.6 is 0 Å². The highest BCUT2D eigenvalue weighted by molar-refractivity contribution is 6.47. The van der Waals surface area contributed by atoms with Crippen molar-refractivity contribution in [1.29, 1.82) is 0 Å². The summed E-state index contributed by atoms with van der Waals surface area (Å²) in [7, 11) is -0.0406. The van der Waals surface area contributed by atoms with Crippen molar-refractivity contribution in [3.63, 3.8) is 0 Å². The van der Waals surface area contributed by atoms with Crippen molar-refractivity contribution in [2.75, 3.05) is 0 Å². The van der Waals surface area contributed by atoms with Crippen LogP contribution in [0.15, 0.2) is 0 Å². The number of unbranched alkanes of at least 4 members (excludes halogenated alkanes) is 4. The fourth-order valence-electron chi connectivity index (χ4n) is 6.25. The van der Waals surface area contributed by atoms with E-state index in [1.165, 1.54) is 128 Å². The van der Waals surface area contributed by atoms with Crippen molar-refractivity contribution >= 4 is 7.12 Å². The van der Waals surface area contributed by atoms with Gasteiger partial charge in [0.05, 0.1) is 11.2 Å². The maximum Gasteiger partial charge on any atom is 0.460 e. The maximum absolute atomic E-state index is 6.32. The highest BCUT2D eigenvalue weighted by atomic mass is 16.7. The first-order chi connectivity index (χ1) is 16.3. The van der Waals surface area contributed by atoms with Crippen molar-refractivity contribution in [3.8, 4) is 0 Å². The van der Waals surface area contributed by atoms with Crippen LogP contribution in [-0.4, -0.2) is 18.3 Å². The van der Waals surface area contributed by atoms with Gasteiger partial charge in [0.15, 0.2) is 0 Å². The Balaban J connectivity index is 1.83. The van der Waals surface area contributed by atoms with Crippen LogP contribution in [0.3, 0.4) is 0 Å². The number of hydrogen-bond donors (Lipinski definition) is 0. The van der Waals surface area contributed by atoms with Gasteiger partial charge < -0.3 is 9.31 Å². The molecule has 0 radical (unpaired) electrons. The van der Waals surface area contributed by atoms with E-state index in [9.17, 15) is 0 Å². The molecule has 1 saturated heterocycles. The van der Waals surface area contributed by atoms with Crippen LogP contribution in [0, 0.1) is 11.8 Å². The maximum atomic E-state index is 6.32. The molecule has 2 unspecified atom stereocenters. The van der Waals surface area contributed by atoms with Crippen LogP contribution < -0.4 is 0 Å². The lowest BCUT2D eigenvalue weighted by atomic mass is 9.70. The third kappa shape index (κ3) is 10.5. The molecule has 0 spiro atoms. The van der Waals surface area contributed by atoms with Gasteiger partial charge >= 0.3 is 7.12 Å². The fraction of sp³-hybridized carbons (Fsp3) is 1.00. The molecule has 2 rings (SSSR count). The van der Waals surface area contributed by atoms with Crippen molar-refractivity contribution in [3.05, 3.63) is 0 Å². The van der Waals surface area contributed by atoms with Gasteiger partial charge in [-0.1, -0.05) is 142 Å². The van der Waals surface area contributed by atoms with E-state index in [-0.39, 0.29) is 18.3 Å². The molecule has 1 heterocycles. The Morgan fingerprint density at radius 2 is 1.09 bits per heavy atom. The zero-order valence-corrected chi connectivity index (χ0v) is 24.3. The first-order valence-corrected chi connectivity index (χ1v) is 15.6. The van der Waals surface area contributed by atoms with Crippen molar-refractivity contribution in [2.45, 2.75) is 187 Å². The highest BCUT2D eigenvalue weighted by Gasteiger charge is 2.52. The Kier molecular flexibility index (Phi) is 14.2. The van der Waals surface area contributed by atoms with Gasteiger partial charge in [0, 0.05) is 0 Å². The summed E-state index contributed by atoms with van der Waals surface area (Å²) in [4.78, 5) is 0. The van der Waals surface area contributed by atoms with E-state index in [4.69, 9.17) is 9.31 Å². The molecule has 1 aliphatic carbocycles. The molecule has 2 fully saturated rings. The van der Waals surface area contributed by atoms with E-state index in [1.807, 2.05) is 0 Å². The van der Waals surface area contributed by atoms with E-state index >= 15 is 0 Å². The minimum atomic E-state index is -0.205. The molecule has 3 heteroatoms. The van der Waals surface area contributed by atoms with Crippen LogP contribution in [-0.2, 0) is 9.31 Å². The summed E-state index contributed by atoms with van der Waals surface area (Å²) in [6, 6.07) is 0. The Morgan fingerprint density at radius 3 is 1.59 bits per heavy atom. The monoisotopic (exact) mass is 476 g/mol. The van der Waals surface area contributed by atoms with E-state index < -0.39 is 0 Å².